The van der Waals surface area contributed by atoms with Crippen LogP contribution in [0.4, 0.5) is 0 Å². The molecule has 0 radical (unpaired) electrons. The van der Waals surface area contributed by atoms with Gasteiger partial charge in [-0.05, 0) is 37.2 Å². The van der Waals surface area contributed by atoms with E-state index in [0.717, 1.165) is 12.1 Å². The van der Waals surface area contributed by atoms with Gasteiger partial charge in [-0.15, -0.1) is 6.42 Å². The second-order valence-corrected chi connectivity index (χ2v) is 6.43. The quantitative estimate of drug-likeness (QED) is 0.694. The normalized spacial score (nSPS) is 12.4. The number of nitrogens with two attached hydrogens (primary N) is 1. The Morgan fingerprint density at radius 1 is 1.15 bits per heavy atom. The zero-order valence-electron chi connectivity index (χ0n) is 15.2. The van der Waals surface area contributed by atoms with E-state index in [1.165, 1.54) is 24.6 Å². The molecule has 1 atom stereocenters. The van der Waals surface area contributed by atoms with Crippen LogP contribution in [-0.4, -0.2) is 40.2 Å². The number of aromatic hydroxyl groups is 1. The molecule has 2 rings (SSSR count). The summed E-state index contributed by atoms with van der Waals surface area (Å²) >= 11 is 0. The molecular formula is C21H26N2O3. The van der Waals surface area contributed by atoms with E-state index in [0.29, 0.717) is 6.54 Å². The summed E-state index contributed by atoms with van der Waals surface area (Å²) in [6, 6.07) is 16.6. The van der Waals surface area contributed by atoms with Gasteiger partial charge in [0.05, 0.1) is 6.54 Å². The number of aliphatic carboxylic acids is 1. The molecule has 5 nitrogen and oxygen atoms in total. The third-order valence-electron chi connectivity index (χ3n) is 3.65. The molecule has 0 fully saturated rings. The van der Waals surface area contributed by atoms with E-state index >= 15 is 0 Å². The fourth-order valence-electron chi connectivity index (χ4n) is 2.22. The summed E-state index contributed by atoms with van der Waals surface area (Å²) in [5.74, 6) is 1.73. The van der Waals surface area contributed by atoms with Crippen LogP contribution in [0.5, 0.6) is 5.75 Å². The molecule has 2 aromatic rings. The first-order chi connectivity index (χ1) is 12.2. The number of carbonyl (C=O) groups is 1. The Kier molecular flexibility index (Phi) is 8.36. The van der Waals surface area contributed by atoms with Crippen molar-refractivity contribution in [2.75, 3.05) is 13.6 Å². The number of hydrogen-bond acceptors (Lipinski definition) is 4. The van der Waals surface area contributed by atoms with Crippen molar-refractivity contribution in [2.45, 2.75) is 25.4 Å². The van der Waals surface area contributed by atoms with Crippen LogP contribution in [0.25, 0.3) is 0 Å². The van der Waals surface area contributed by atoms with Gasteiger partial charge in [0.1, 0.15) is 11.3 Å². The van der Waals surface area contributed by atoms with Crippen LogP contribution in [0.2, 0.25) is 0 Å². The minimum Gasteiger partial charge on any atom is -0.508 e. The molecule has 0 saturated carbocycles. The third-order valence-corrected chi connectivity index (χ3v) is 3.65. The Hall–Kier alpha value is -2.81. The molecule has 0 aliphatic rings. The molecule has 0 saturated heterocycles. The fourth-order valence-corrected chi connectivity index (χ4v) is 2.22. The summed E-state index contributed by atoms with van der Waals surface area (Å²) in [7, 11) is 2.02. The monoisotopic (exact) mass is 354 g/mol. The highest BCUT2D eigenvalue weighted by molar-refractivity contribution is 5.78. The van der Waals surface area contributed by atoms with E-state index in [1.54, 1.807) is 12.1 Å². The molecule has 0 heterocycles. The Bertz CT molecular complexity index is 719. The first kappa shape index (κ1) is 21.2. The smallest absolute Gasteiger partial charge is 0.323 e. The topological polar surface area (TPSA) is 86.8 Å². The maximum atomic E-state index is 10.7. The van der Waals surface area contributed by atoms with Crippen LogP contribution < -0.4 is 5.73 Å². The maximum absolute atomic E-state index is 10.7. The molecule has 5 heteroatoms. The fraction of sp³-hybridized carbons (Fsp3) is 0.286. The average Bonchev–Trinajstić information content (AvgIpc) is 2.58. The van der Waals surface area contributed by atoms with Crippen molar-refractivity contribution in [3.8, 4) is 18.1 Å². The minimum atomic E-state index is -1.27. The van der Waals surface area contributed by atoms with Gasteiger partial charge in [0.25, 0.3) is 0 Å². The van der Waals surface area contributed by atoms with E-state index in [1.807, 2.05) is 25.2 Å². The predicted octanol–water partition coefficient (Wildman–Crippen LogP) is 2.49. The lowest BCUT2D eigenvalue weighted by Crippen LogP contribution is -2.46. The zero-order valence-corrected chi connectivity index (χ0v) is 15.2. The van der Waals surface area contributed by atoms with Gasteiger partial charge in [0, 0.05) is 13.0 Å². The summed E-state index contributed by atoms with van der Waals surface area (Å²) in [6.07, 6.45) is 5.43. The predicted molar refractivity (Wildman–Crippen MR) is 104 cm³/mol. The molecule has 0 aliphatic heterocycles. The highest BCUT2D eigenvalue weighted by Gasteiger charge is 2.27. The van der Waals surface area contributed by atoms with Gasteiger partial charge in [-0.3, -0.25) is 9.69 Å². The van der Waals surface area contributed by atoms with Crippen LogP contribution in [-0.2, 0) is 17.8 Å². The van der Waals surface area contributed by atoms with Crippen molar-refractivity contribution in [2.24, 2.45) is 5.73 Å². The summed E-state index contributed by atoms with van der Waals surface area (Å²) in [5.41, 5.74) is 6.39. The van der Waals surface area contributed by atoms with Crippen LogP contribution in [0.15, 0.2) is 54.6 Å². The lowest BCUT2D eigenvalue weighted by atomic mass is 9.94. The zero-order chi connectivity index (χ0) is 19.6. The van der Waals surface area contributed by atoms with E-state index in [2.05, 4.69) is 23.0 Å². The van der Waals surface area contributed by atoms with Gasteiger partial charge >= 0.3 is 5.97 Å². The molecule has 0 spiro atoms. The number of benzene rings is 2. The highest BCUT2D eigenvalue weighted by atomic mass is 16.4. The van der Waals surface area contributed by atoms with Gasteiger partial charge < -0.3 is 15.9 Å². The lowest BCUT2D eigenvalue weighted by Gasteiger charge is -2.18. The number of nitrogens with zero attached hydrogens (tertiary/aromatic N) is 1. The molecule has 0 bridgehead atoms. The van der Waals surface area contributed by atoms with Crippen molar-refractivity contribution in [1.82, 2.24) is 4.90 Å². The molecule has 0 unspecified atom stereocenters. The van der Waals surface area contributed by atoms with Crippen molar-refractivity contribution in [1.29, 1.82) is 0 Å². The van der Waals surface area contributed by atoms with Gasteiger partial charge in [-0.25, -0.2) is 0 Å². The van der Waals surface area contributed by atoms with E-state index in [4.69, 9.17) is 22.4 Å². The third kappa shape index (κ3) is 7.84. The Balaban J connectivity index is 0.000000263. The Morgan fingerprint density at radius 2 is 1.73 bits per heavy atom. The molecule has 0 aliphatic carbocycles. The molecular weight excluding hydrogens is 328 g/mol. The summed E-state index contributed by atoms with van der Waals surface area (Å²) in [4.78, 5) is 12.8. The van der Waals surface area contributed by atoms with Crippen LogP contribution in [0.3, 0.4) is 0 Å². The summed E-state index contributed by atoms with van der Waals surface area (Å²) < 4.78 is 0. The second-order valence-electron chi connectivity index (χ2n) is 6.43. The molecule has 138 valence electrons. The van der Waals surface area contributed by atoms with E-state index in [9.17, 15) is 4.79 Å². The summed E-state index contributed by atoms with van der Waals surface area (Å²) in [6.45, 7) is 3.09. The number of rotatable bonds is 6. The number of hydrogen-bond donors (Lipinski definition) is 3. The SMILES string of the molecule is C#CCN(C)Cc1ccccc1.C[C@](N)(Cc1ccc(O)cc1)C(=O)O. The Morgan fingerprint density at radius 3 is 2.23 bits per heavy atom. The number of terminal acetylenes is 1. The van der Waals surface area contributed by atoms with Crippen molar-refractivity contribution < 1.29 is 15.0 Å². The number of carboxylic acids is 1. The second kappa shape index (κ2) is 10.2. The molecule has 4 N–H and O–H groups in total. The average molecular weight is 354 g/mol. The van der Waals surface area contributed by atoms with Crippen molar-refractivity contribution in [3.05, 3.63) is 65.7 Å². The molecule has 0 aromatic heterocycles. The largest absolute Gasteiger partial charge is 0.508 e. The maximum Gasteiger partial charge on any atom is 0.323 e. The number of phenols is 1. The van der Waals surface area contributed by atoms with Gasteiger partial charge in [-0.1, -0.05) is 48.4 Å². The molecule has 26 heavy (non-hydrogen) atoms. The van der Waals surface area contributed by atoms with Gasteiger partial charge in [-0.2, -0.15) is 0 Å². The first-order valence-electron chi connectivity index (χ1n) is 8.20. The van der Waals surface area contributed by atoms with E-state index in [-0.39, 0.29) is 12.2 Å². The molecule has 0 amide bonds. The summed E-state index contributed by atoms with van der Waals surface area (Å²) in [5, 5.41) is 17.8. The first-order valence-corrected chi connectivity index (χ1v) is 8.20. The van der Waals surface area contributed by atoms with Gasteiger partial charge in [0.2, 0.25) is 0 Å². The van der Waals surface area contributed by atoms with Crippen LogP contribution >= 0.6 is 0 Å². The van der Waals surface area contributed by atoms with Gasteiger partial charge in [0.15, 0.2) is 0 Å². The lowest BCUT2D eigenvalue weighted by molar-refractivity contribution is -0.142. The molecule has 2 aromatic carbocycles. The number of carboxylic acid groups (broad SMARTS) is 1. The number of phenolic OH excluding ortho intramolecular Hbond substituents is 1. The Labute approximate surface area is 155 Å². The highest BCUT2D eigenvalue weighted by Crippen LogP contribution is 2.14. The minimum absolute atomic E-state index is 0.155. The van der Waals surface area contributed by atoms with E-state index < -0.39 is 11.5 Å². The van der Waals surface area contributed by atoms with Crippen molar-refractivity contribution in [3.63, 3.8) is 0 Å². The van der Waals surface area contributed by atoms with Crippen molar-refractivity contribution >= 4 is 5.97 Å². The van der Waals surface area contributed by atoms with Crippen LogP contribution in [0.1, 0.15) is 18.1 Å². The standard InChI is InChI=1S/C11H13N.C10H13NO3/c1-3-9-12(2)10-11-7-5-4-6-8-11;1-10(11,9(13)14)6-7-2-4-8(12)5-3-7/h1,4-8H,9-10H2,2H3;2-5,12H,6,11H2,1H3,(H,13,14)/t;10-/m.0/s1. The van der Waals surface area contributed by atoms with Crippen LogP contribution in [0, 0.1) is 12.3 Å².